The first kappa shape index (κ1) is 14.5. The predicted octanol–water partition coefficient (Wildman–Crippen LogP) is 1.93. The fourth-order valence-electron chi connectivity index (χ4n) is 0.762. The van der Waals surface area contributed by atoms with E-state index in [0.717, 1.165) is 12.8 Å². The number of carbonyl (C=O) groups excluding carboxylic acids is 1. The molecule has 0 bridgehead atoms. The Labute approximate surface area is 104 Å². The molecular weight excluding hydrogens is 309 g/mol. The first-order valence-corrected chi connectivity index (χ1v) is 5.96. The Morgan fingerprint density at radius 1 is 1.47 bits per heavy atom. The summed E-state index contributed by atoms with van der Waals surface area (Å²) < 4.78 is 12.6. The van der Waals surface area contributed by atoms with Gasteiger partial charge in [0.2, 0.25) is 0 Å². The van der Waals surface area contributed by atoms with E-state index in [0.29, 0.717) is 19.8 Å². The van der Waals surface area contributed by atoms with Gasteiger partial charge in [-0.2, -0.15) is 0 Å². The fraction of sp³-hybridized carbons (Fsp3) is 0.700. The summed E-state index contributed by atoms with van der Waals surface area (Å²) in [5, 5.41) is 2.64. The molecule has 0 rings (SSSR count). The van der Waals surface area contributed by atoms with Crippen molar-refractivity contribution in [1.82, 2.24) is 5.32 Å². The number of ether oxygens (including phenoxy) is 2. The summed E-state index contributed by atoms with van der Waals surface area (Å²) in [6.07, 6.45) is 1.64. The highest BCUT2D eigenvalue weighted by Gasteiger charge is 1.99. The lowest BCUT2D eigenvalue weighted by molar-refractivity contribution is 0.0872. The standard InChI is InChI=1S/C10H16INO3/c1-2-3-6-12-10(13)15-9-8-14-7-4-5-11/h2-3,6-9H2,1H3,(H,12,13). The van der Waals surface area contributed by atoms with Crippen molar-refractivity contribution in [2.75, 3.05) is 26.4 Å². The molecule has 0 aliphatic rings. The predicted molar refractivity (Wildman–Crippen MR) is 66.9 cm³/mol. The number of hydrogen-bond acceptors (Lipinski definition) is 3. The van der Waals surface area contributed by atoms with Gasteiger partial charge in [-0.1, -0.05) is 19.3 Å². The van der Waals surface area contributed by atoms with E-state index in [1.54, 1.807) is 0 Å². The van der Waals surface area contributed by atoms with Gasteiger partial charge in [-0.3, -0.25) is 0 Å². The van der Waals surface area contributed by atoms with Crippen LogP contribution in [0.15, 0.2) is 0 Å². The van der Waals surface area contributed by atoms with Gasteiger partial charge in [0.1, 0.15) is 13.2 Å². The Morgan fingerprint density at radius 3 is 2.93 bits per heavy atom. The summed E-state index contributed by atoms with van der Waals surface area (Å²) in [6, 6.07) is 0. The zero-order chi connectivity index (χ0) is 11.4. The molecule has 86 valence electrons. The molecular formula is C10H16INO3. The second-order valence-corrected chi connectivity index (χ2v) is 3.28. The molecule has 1 N–H and O–H groups in total. The third-order valence-corrected chi connectivity index (χ3v) is 1.88. The molecule has 0 atom stereocenters. The molecule has 0 aliphatic carbocycles. The van der Waals surface area contributed by atoms with Gasteiger partial charge in [0.15, 0.2) is 0 Å². The highest BCUT2D eigenvalue weighted by atomic mass is 127. The third-order valence-electron chi connectivity index (χ3n) is 1.50. The minimum absolute atomic E-state index is 0.265. The highest BCUT2D eigenvalue weighted by Crippen LogP contribution is 1.85. The number of hydrogen-bond donors (Lipinski definition) is 1. The van der Waals surface area contributed by atoms with Crippen LogP contribution in [0.2, 0.25) is 0 Å². The molecule has 0 aromatic rings. The fourth-order valence-corrected chi connectivity index (χ4v) is 0.918. The minimum atomic E-state index is -0.382. The summed E-state index contributed by atoms with van der Waals surface area (Å²) in [5.74, 6) is 2.74. The van der Waals surface area contributed by atoms with E-state index in [1.165, 1.54) is 0 Å². The molecule has 0 aromatic heterocycles. The van der Waals surface area contributed by atoms with E-state index in [4.69, 9.17) is 9.47 Å². The van der Waals surface area contributed by atoms with Crippen molar-refractivity contribution in [2.45, 2.75) is 19.8 Å². The van der Waals surface area contributed by atoms with E-state index < -0.39 is 0 Å². The van der Waals surface area contributed by atoms with Crippen LogP contribution in [0.4, 0.5) is 4.79 Å². The molecule has 0 saturated heterocycles. The summed E-state index contributed by atoms with van der Waals surface area (Å²) in [4.78, 5) is 11.0. The molecule has 0 saturated carbocycles. The van der Waals surface area contributed by atoms with Crippen molar-refractivity contribution in [3.05, 3.63) is 0 Å². The van der Waals surface area contributed by atoms with Gasteiger partial charge in [-0.05, 0) is 10.3 Å². The van der Waals surface area contributed by atoms with Gasteiger partial charge in [0.05, 0.1) is 6.61 Å². The minimum Gasteiger partial charge on any atom is -0.447 e. The number of carbonyl (C=O) groups is 1. The zero-order valence-electron chi connectivity index (χ0n) is 8.85. The van der Waals surface area contributed by atoms with Crippen molar-refractivity contribution in [1.29, 1.82) is 0 Å². The van der Waals surface area contributed by atoms with E-state index >= 15 is 0 Å². The van der Waals surface area contributed by atoms with Crippen LogP contribution < -0.4 is 5.32 Å². The molecule has 0 aliphatic heterocycles. The second-order valence-electron chi connectivity index (χ2n) is 2.74. The first-order valence-electron chi connectivity index (χ1n) is 4.88. The number of amides is 1. The van der Waals surface area contributed by atoms with Crippen LogP contribution >= 0.6 is 22.6 Å². The van der Waals surface area contributed by atoms with Crippen LogP contribution in [0, 0.1) is 9.85 Å². The quantitative estimate of drug-likeness (QED) is 0.442. The Balaban J connectivity index is 3.19. The van der Waals surface area contributed by atoms with Crippen LogP contribution in [0.1, 0.15) is 19.8 Å². The van der Waals surface area contributed by atoms with Gasteiger partial charge < -0.3 is 14.8 Å². The van der Waals surface area contributed by atoms with E-state index in [2.05, 4.69) is 22.1 Å². The molecule has 0 spiro atoms. The highest BCUT2D eigenvalue weighted by molar-refractivity contribution is 14.1. The molecule has 0 heterocycles. The van der Waals surface area contributed by atoms with Crippen LogP contribution in [0.3, 0.4) is 0 Å². The normalized spacial score (nSPS) is 8.93. The van der Waals surface area contributed by atoms with Gasteiger partial charge in [0.25, 0.3) is 0 Å². The Morgan fingerprint density at radius 2 is 2.27 bits per heavy atom. The Bertz CT molecular complexity index is 222. The molecule has 1 amide bonds. The number of rotatable bonds is 7. The Kier molecular flexibility index (Phi) is 11.2. The topological polar surface area (TPSA) is 47.6 Å². The lowest BCUT2D eigenvalue weighted by Gasteiger charge is -2.05. The Hall–Kier alpha value is -0.480. The maximum atomic E-state index is 11.0. The van der Waals surface area contributed by atoms with E-state index in [9.17, 15) is 4.79 Å². The van der Waals surface area contributed by atoms with E-state index in [-0.39, 0.29) is 12.7 Å². The third kappa shape index (κ3) is 11.4. The van der Waals surface area contributed by atoms with Gasteiger partial charge >= 0.3 is 6.09 Å². The second kappa shape index (κ2) is 11.6. The number of alkyl carbamates (subject to hydrolysis) is 1. The van der Waals surface area contributed by atoms with Crippen LogP contribution in [0.5, 0.6) is 0 Å². The number of halogens is 1. The molecule has 0 unspecified atom stereocenters. The molecule has 0 fully saturated rings. The van der Waals surface area contributed by atoms with Crippen molar-refractivity contribution in [3.8, 4) is 9.85 Å². The largest absolute Gasteiger partial charge is 0.447 e. The van der Waals surface area contributed by atoms with Crippen molar-refractivity contribution in [3.63, 3.8) is 0 Å². The summed E-state index contributed by atoms with van der Waals surface area (Å²) in [5.41, 5.74) is 0. The maximum Gasteiger partial charge on any atom is 0.407 e. The molecule has 0 radical (unpaired) electrons. The SMILES string of the molecule is CCCCNC(=O)OCCOCC#CI. The first-order chi connectivity index (χ1) is 7.31. The summed E-state index contributed by atoms with van der Waals surface area (Å²) >= 11 is 1.94. The van der Waals surface area contributed by atoms with Gasteiger partial charge in [-0.15, -0.1) is 0 Å². The van der Waals surface area contributed by atoms with Crippen LogP contribution in [-0.4, -0.2) is 32.5 Å². The van der Waals surface area contributed by atoms with Crippen molar-refractivity contribution < 1.29 is 14.3 Å². The average Bonchev–Trinajstić information content (AvgIpc) is 2.23. The summed E-state index contributed by atoms with van der Waals surface area (Å²) in [6.45, 7) is 3.75. The molecule has 5 heteroatoms. The molecule has 4 nitrogen and oxygen atoms in total. The molecule has 15 heavy (non-hydrogen) atoms. The van der Waals surface area contributed by atoms with Crippen LogP contribution in [-0.2, 0) is 9.47 Å². The zero-order valence-corrected chi connectivity index (χ0v) is 11.0. The van der Waals surface area contributed by atoms with Crippen molar-refractivity contribution >= 4 is 28.7 Å². The number of nitrogens with one attached hydrogen (secondary N) is 1. The lowest BCUT2D eigenvalue weighted by Crippen LogP contribution is -2.26. The number of unbranched alkanes of at least 4 members (excludes halogenated alkanes) is 1. The lowest BCUT2D eigenvalue weighted by atomic mass is 10.3. The van der Waals surface area contributed by atoms with Crippen LogP contribution in [0.25, 0.3) is 0 Å². The maximum absolute atomic E-state index is 11.0. The van der Waals surface area contributed by atoms with Gasteiger partial charge in [0, 0.05) is 29.1 Å². The smallest absolute Gasteiger partial charge is 0.407 e. The average molecular weight is 325 g/mol. The monoisotopic (exact) mass is 325 g/mol. The van der Waals surface area contributed by atoms with E-state index in [1.807, 2.05) is 22.6 Å². The van der Waals surface area contributed by atoms with Gasteiger partial charge in [-0.25, -0.2) is 4.79 Å². The summed E-state index contributed by atoms with van der Waals surface area (Å²) in [7, 11) is 0. The molecule has 0 aromatic carbocycles. The van der Waals surface area contributed by atoms with Crippen molar-refractivity contribution in [2.24, 2.45) is 0 Å².